The number of rotatable bonds is 6. The fourth-order valence-corrected chi connectivity index (χ4v) is 6.56. The maximum atomic E-state index is 13.1. The zero-order chi connectivity index (χ0) is 26.3. The molecule has 4 atom stereocenters. The Balaban J connectivity index is 1.74. The van der Waals surface area contributed by atoms with Gasteiger partial charge in [0.1, 0.15) is 6.04 Å². The molecule has 0 spiro atoms. The summed E-state index contributed by atoms with van der Waals surface area (Å²) >= 11 is 0. The van der Waals surface area contributed by atoms with Crippen molar-refractivity contribution < 1.29 is 36.3 Å². The van der Waals surface area contributed by atoms with Gasteiger partial charge in [-0.1, -0.05) is 26.8 Å². The Kier molecular flexibility index (Phi) is 7.48. The van der Waals surface area contributed by atoms with Crippen molar-refractivity contribution >= 4 is 22.0 Å². The van der Waals surface area contributed by atoms with E-state index in [0.29, 0.717) is 25.3 Å². The van der Waals surface area contributed by atoms with Gasteiger partial charge in [-0.25, -0.2) is 13.2 Å². The van der Waals surface area contributed by atoms with Crippen LogP contribution < -0.4 is 5.32 Å². The Bertz CT molecular complexity index is 1070. The van der Waals surface area contributed by atoms with Gasteiger partial charge in [-0.15, -0.1) is 0 Å². The lowest BCUT2D eigenvalue weighted by molar-refractivity contribution is -0.137. The maximum absolute atomic E-state index is 13.1. The standard InChI is InChI=1S/C23H32F3N3O5S/c1-22(2,3)11-19(28(4)21(31)32)20(30)27-18-9-8-14-12-29(13-17(14)18)35(33,34)16-7-5-6-15(10-16)23(24,25)26/h5-7,10,14,17-19H,8-9,11-13H2,1-4H3,(H,27,30)(H,31,32)/t14-,17+,18+,19+/m1/s1. The zero-order valence-electron chi connectivity index (χ0n) is 20.2. The number of benzene rings is 1. The van der Waals surface area contributed by atoms with Crippen molar-refractivity contribution in [1.29, 1.82) is 0 Å². The number of alkyl halides is 3. The van der Waals surface area contributed by atoms with Crippen LogP contribution in [0.25, 0.3) is 0 Å². The molecule has 196 valence electrons. The second-order valence-electron chi connectivity index (χ2n) is 10.6. The van der Waals surface area contributed by atoms with E-state index in [0.717, 1.165) is 23.1 Å². The highest BCUT2D eigenvalue weighted by molar-refractivity contribution is 7.89. The summed E-state index contributed by atoms with van der Waals surface area (Å²) in [7, 11) is -2.80. The normalized spacial score (nSPS) is 24.1. The topological polar surface area (TPSA) is 107 Å². The summed E-state index contributed by atoms with van der Waals surface area (Å²) in [5.74, 6) is -0.682. The molecule has 2 fully saturated rings. The number of nitrogens with one attached hydrogen (secondary N) is 1. The number of hydrogen-bond acceptors (Lipinski definition) is 4. The van der Waals surface area contributed by atoms with Gasteiger partial charge in [0, 0.05) is 26.2 Å². The number of carbonyl (C=O) groups excluding carboxylic acids is 1. The van der Waals surface area contributed by atoms with Crippen LogP contribution in [0.4, 0.5) is 18.0 Å². The smallest absolute Gasteiger partial charge is 0.416 e. The molecule has 0 bridgehead atoms. The summed E-state index contributed by atoms with van der Waals surface area (Å²) in [6, 6.07) is 2.44. The van der Waals surface area contributed by atoms with E-state index in [2.05, 4.69) is 5.32 Å². The molecule has 0 unspecified atom stereocenters. The van der Waals surface area contributed by atoms with E-state index in [9.17, 15) is 36.3 Å². The van der Waals surface area contributed by atoms with Crippen molar-refractivity contribution in [3.63, 3.8) is 0 Å². The summed E-state index contributed by atoms with van der Waals surface area (Å²) in [6.07, 6.45) is -4.30. The summed E-state index contributed by atoms with van der Waals surface area (Å²) < 4.78 is 66.6. The lowest BCUT2D eigenvalue weighted by atomic mass is 9.87. The van der Waals surface area contributed by atoms with Gasteiger partial charge in [0.25, 0.3) is 0 Å². The Morgan fingerprint density at radius 1 is 1.20 bits per heavy atom. The molecule has 2 N–H and O–H groups in total. The van der Waals surface area contributed by atoms with Gasteiger partial charge < -0.3 is 10.4 Å². The SMILES string of the molecule is CN(C(=O)O)[C@@H](CC(C)(C)C)C(=O)N[C@H]1CC[C@@H]2CN(S(=O)(=O)c3cccc(C(F)(F)F)c3)C[C@@H]21. The van der Waals surface area contributed by atoms with Crippen LogP contribution in [0.5, 0.6) is 0 Å². The van der Waals surface area contributed by atoms with E-state index in [1.54, 1.807) is 0 Å². The quantitative estimate of drug-likeness (QED) is 0.597. The zero-order valence-corrected chi connectivity index (χ0v) is 21.0. The first-order valence-corrected chi connectivity index (χ1v) is 12.9. The van der Waals surface area contributed by atoms with Crippen molar-refractivity contribution in [3.05, 3.63) is 29.8 Å². The molecule has 0 radical (unpaired) electrons. The first-order chi connectivity index (χ1) is 16.0. The van der Waals surface area contributed by atoms with Gasteiger partial charge in [-0.3, -0.25) is 9.69 Å². The fraction of sp³-hybridized carbons (Fsp3) is 0.652. The van der Waals surface area contributed by atoms with Crippen LogP contribution in [0.1, 0.15) is 45.6 Å². The molecule has 1 saturated heterocycles. The molecule has 1 aliphatic heterocycles. The number of likely N-dealkylation sites (N-methyl/N-ethyl adjacent to an activating group) is 1. The molecule has 2 amide bonds. The van der Waals surface area contributed by atoms with E-state index in [-0.39, 0.29) is 36.4 Å². The van der Waals surface area contributed by atoms with Crippen LogP contribution in [0.15, 0.2) is 29.2 Å². The van der Waals surface area contributed by atoms with Crippen LogP contribution in [0.3, 0.4) is 0 Å². The minimum absolute atomic E-state index is 0.0425. The van der Waals surface area contributed by atoms with Crippen molar-refractivity contribution in [1.82, 2.24) is 14.5 Å². The summed E-state index contributed by atoms with van der Waals surface area (Å²) in [4.78, 5) is 25.2. The molecule has 1 heterocycles. The van der Waals surface area contributed by atoms with E-state index < -0.39 is 44.7 Å². The average Bonchev–Trinajstić information content (AvgIpc) is 3.32. The van der Waals surface area contributed by atoms with Crippen molar-refractivity contribution in [2.75, 3.05) is 20.1 Å². The predicted octanol–water partition coefficient (Wildman–Crippen LogP) is 3.64. The van der Waals surface area contributed by atoms with Crippen LogP contribution in [0, 0.1) is 17.3 Å². The number of amides is 2. The predicted molar refractivity (Wildman–Crippen MR) is 122 cm³/mol. The first-order valence-electron chi connectivity index (χ1n) is 11.4. The Hall–Kier alpha value is -2.34. The summed E-state index contributed by atoms with van der Waals surface area (Å²) in [5.41, 5.74) is -1.34. The second-order valence-corrected chi connectivity index (χ2v) is 12.6. The maximum Gasteiger partial charge on any atom is 0.416 e. The molecule has 1 saturated carbocycles. The van der Waals surface area contributed by atoms with Gasteiger partial charge in [0.2, 0.25) is 15.9 Å². The van der Waals surface area contributed by atoms with Crippen molar-refractivity contribution in [3.8, 4) is 0 Å². The molecule has 0 aromatic heterocycles. The Morgan fingerprint density at radius 3 is 2.43 bits per heavy atom. The van der Waals surface area contributed by atoms with Crippen molar-refractivity contribution in [2.45, 2.75) is 63.2 Å². The lowest BCUT2D eigenvalue weighted by Crippen LogP contribution is -2.52. The fourth-order valence-electron chi connectivity index (χ4n) is 4.98. The van der Waals surface area contributed by atoms with Crippen LogP contribution in [-0.2, 0) is 21.0 Å². The Labute approximate surface area is 203 Å². The van der Waals surface area contributed by atoms with Crippen molar-refractivity contribution in [2.24, 2.45) is 17.3 Å². The number of hydrogen-bond donors (Lipinski definition) is 2. The third-order valence-corrected chi connectivity index (χ3v) is 8.66. The minimum Gasteiger partial charge on any atom is -0.465 e. The number of halogens is 3. The first kappa shape index (κ1) is 27.3. The van der Waals surface area contributed by atoms with E-state index in [1.807, 2.05) is 20.8 Å². The molecule has 1 aromatic rings. The number of nitrogens with zero attached hydrogens (tertiary/aromatic N) is 2. The largest absolute Gasteiger partial charge is 0.465 e. The van der Waals surface area contributed by atoms with Gasteiger partial charge in [-0.2, -0.15) is 17.5 Å². The van der Waals surface area contributed by atoms with Gasteiger partial charge in [-0.05, 0) is 54.7 Å². The lowest BCUT2D eigenvalue weighted by Gasteiger charge is -2.32. The highest BCUT2D eigenvalue weighted by Gasteiger charge is 2.47. The molecule has 3 rings (SSSR count). The number of sulfonamides is 1. The molecule has 1 aromatic carbocycles. The minimum atomic E-state index is -4.66. The van der Waals surface area contributed by atoms with Crippen LogP contribution in [0.2, 0.25) is 0 Å². The third kappa shape index (κ3) is 6.08. The molecule has 1 aliphatic carbocycles. The van der Waals surface area contributed by atoms with Gasteiger partial charge in [0.15, 0.2) is 0 Å². The van der Waals surface area contributed by atoms with E-state index >= 15 is 0 Å². The van der Waals surface area contributed by atoms with E-state index in [4.69, 9.17) is 0 Å². The number of carboxylic acid groups (broad SMARTS) is 1. The summed E-state index contributed by atoms with van der Waals surface area (Å²) in [6.45, 7) is 5.95. The third-order valence-electron chi connectivity index (χ3n) is 6.83. The van der Waals surface area contributed by atoms with Gasteiger partial charge >= 0.3 is 12.3 Å². The number of fused-ring (bicyclic) bond motifs is 1. The molecule has 8 nitrogen and oxygen atoms in total. The van der Waals surface area contributed by atoms with E-state index in [1.165, 1.54) is 11.4 Å². The molecular formula is C23H32F3N3O5S. The molecular weight excluding hydrogens is 487 g/mol. The van der Waals surface area contributed by atoms with Crippen LogP contribution in [-0.4, -0.2) is 67.0 Å². The molecule has 12 heteroatoms. The summed E-state index contributed by atoms with van der Waals surface area (Å²) in [5, 5.41) is 12.3. The highest BCUT2D eigenvalue weighted by Crippen LogP contribution is 2.41. The highest BCUT2D eigenvalue weighted by atomic mass is 32.2. The monoisotopic (exact) mass is 519 g/mol. The Morgan fingerprint density at radius 2 is 1.86 bits per heavy atom. The molecule has 2 aliphatic rings. The van der Waals surface area contributed by atoms with Gasteiger partial charge in [0.05, 0.1) is 10.5 Å². The number of carbonyl (C=O) groups is 2. The molecule has 35 heavy (non-hydrogen) atoms. The second kappa shape index (κ2) is 9.61. The van der Waals surface area contributed by atoms with Crippen LogP contribution >= 0.6 is 0 Å². The average molecular weight is 520 g/mol.